The molecule has 0 aromatic rings. The van der Waals surface area contributed by atoms with Crippen molar-refractivity contribution in [3.8, 4) is 0 Å². The molecule has 0 heterocycles. The van der Waals surface area contributed by atoms with Crippen molar-refractivity contribution in [3.05, 3.63) is 0 Å². The molecule has 2 atom stereocenters. The van der Waals surface area contributed by atoms with E-state index in [1.165, 1.54) is 19.3 Å². The highest BCUT2D eigenvalue weighted by Gasteiger charge is 2.08. The van der Waals surface area contributed by atoms with Crippen molar-refractivity contribution < 1.29 is 0 Å². The van der Waals surface area contributed by atoms with E-state index in [9.17, 15) is 0 Å². The Balaban J connectivity index is 3.41. The highest BCUT2D eigenvalue weighted by atomic mass is 35.5. The molecule has 0 radical (unpaired) electrons. The Bertz CT molecular complexity index is 67.1. The van der Waals surface area contributed by atoms with Gasteiger partial charge in [0.1, 0.15) is 0 Å². The molecule has 0 fully saturated rings. The normalized spacial score (nSPS) is 16.8. The summed E-state index contributed by atoms with van der Waals surface area (Å²) in [5.74, 6) is 2.43. The van der Waals surface area contributed by atoms with E-state index in [0.29, 0.717) is 0 Å². The van der Waals surface area contributed by atoms with Crippen molar-refractivity contribution >= 4 is 11.6 Å². The molecule has 62 valence electrons. The zero-order valence-corrected chi connectivity index (χ0v) is 8.12. The first-order valence-electron chi connectivity index (χ1n) is 4.30. The average Bonchev–Trinajstić information content (AvgIpc) is 1.99. The first-order valence-corrected chi connectivity index (χ1v) is 4.83. The number of alkyl halides is 1. The van der Waals surface area contributed by atoms with Gasteiger partial charge >= 0.3 is 0 Å². The molecule has 0 aromatic heterocycles. The molecule has 0 N–H and O–H groups in total. The minimum atomic E-state index is 0.747. The van der Waals surface area contributed by atoms with Crippen LogP contribution in [0.5, 0.6) is 0 Å². The number of hydrogen-bond donors (Lipinski definition) is 0. The van der Waals surface area contributed by atoms with E-state index in [4.69, 9.17) is 11.6 Å². The molecule has 0 amide bonds. The Morgan fingerprint density at radius 2 is 1.80 bits per heavy atom. The van der Waals surface area contributed by atoms with Gasteiger partial charge in [-0.15, -0.1) is 11.6 Å². The van der Waals surface area contributed by atoms with Crippen LogP contribution in [0.25, 0.3) is 0 Å². The van der Waals surface area contributed by atoms with Crippen LogP contribution in [0.15, 0.2) is 0 Å². The summed E-state index contributed by atoms with van der Waals surface area (Å²) in [5, 5.41) is 0. The Morgan fingerprint density at radius 1 is 1.20 bits per heavy atom. The molecule has 10 heavy (non-hydrogen) atoms. The van der Waals surface area contributed by atoms with Gasteiger partial charge in [0.2, 0.25) is 0 Å². The van der Waals surface area contributed by atoms with Crippen LogP contribution in [0.3, 0.4) is 0 Å². The topological polar surface area (TPSA) is 0 Å². The summed E-state index contributed by atoms with van der Waals surface area (Å²) < 4.78 is 0. The maximum Gasteiger partial charge on any atom is 0.0251 e. The van der Waals surface area contributed by atoms with Crippen molar-refractivity contribution in [1.29, 1.82) is 0 Å². The predicted molar refractivity (Wildman–Crippen MR) is 48.6 cm³/mol. The van der Waals surface area contributed by atoms with Crippen molar-refractivity contribution in [2.45, 2.75) is 40.0 Å². The molecule has 0 aliphatic carbocycles. The molecule has 0 aliphatic heterocycles. The summed E-state index contributed by atoms with van der Waals surface area (Å²) >= 11 is 5.77. The second-order valence-electron chi connectivity index (χ2n) is 3.18. The average molecular weight is 163 g/mol. The lowest BCUT2D eigenvalue weighted by Crippen LogP contribution is -2.06. The zero-order valence-electron chi connectivity index (χ0n) is 7.36. The smallest absolute Gasteiger partial charge is 0.0251 e. The molecule has 0 aliphatic rings. The first kappa shape index (κ1) is 10.3. The van der Waals surface area contributed by atoms with Crippen LogP contribution < -0.4 is 0 Å². The number of rotatable bonds is 5. The Kier molecular flexibility index (Phi) is 6.20. The monoisotopic (exact) mass is 162 g/mol. The third-order valence-corrected chi connectivity index (χ3v) is 2.66. The van der Waals surface area contributed by atoms with Crippen LogP contribution in [-0.2, 0) is 0 Å². The summed E-state index contributed by atoms with van der Waals surface area (Å²) in [6.45, 7) is 6.76. The largest absolute Gasteiger partial charge is 0.126 e. The molecule has 0 bridgehead atoms. The SMILES string of the molecule is CCC(C)CC(CC)CCl. The molecular formula is C9H19Cl. The van der Waals surface area contributed by atoms with Crippen molar-refractivity contribution in [1.82, 2.24) is 0 Å². The van der Waals surface area contributed by atoms with E-state index < -0.39 is 0 Å². The molecule has 2 unspecified atom stereocenters. The third-order valence-electron chi connectivity index (χ3n) is 2.23. The maximum absolute atomic E-state index is 5.77. The van der Waals surface area contributed by atoms with E-state index in [0.717, 1.165) is 17.7 Å². The number of halogens is 1. The van der Waals surface area contributed by atoms with Gasteiger partial charge in [0.05, 0.1) is 0 Å². The fourth-order valence-electron chi connectivity index (χ4n) is 1.07. The molecule has 1 heteroatoms. The maximum atomic E-state index is 5.77. The Morgan fingerprint density at radius 3 is 2.10 bits per heavy atom. The summed E-state index contributed by atoms with van der Waals surface area (Å²) in [6.07, 6.45) is 3.82. The van der Waals surface area contributed by atoms with Gasteiger partial charge < -0.3 is 0 Å². The Labute approximate surface area is 70.0 Å². The summed E-state index contributed by atoms with van der Waals surface area (Å²) in [5.41, 5.74) is 0. The second kappa shape index (κ2) is 6.03. The van der Waals surface area contributed by atoms with Gasteiger partial charge in [-0.3, -0.25) is 0 Å². The lowest BCUT2D eigenvalue weighted by Gasteiger charge is -2.15. The molecule has 0 rings (SSSR count). The zero-order chi connectivity index (χ0) is 7.98. The van der Waals surface area contributed by atoms with E-state index >= 15 is 0 Å². The van der Waals surface area contributed by atoms with Crippen LogP contribution in [0.2, 0.25) is 0 Å². The summed E-state index contributed by atoms with van der Waals surface area (Å²) in [7, 11) is 0. The highest BCUT2D eigenvalue weighted by molar-refractivity contribution is 6.18. The van der Waals surface area contributed by atoms with E-state index in [-0.39, 0.29) is 0 Å². The van der Waals surface area contributed by atoms with Crippen LogP contribution in [0.4, 0.5) is 0 Å². The van der Waals surface area contributed by atoms with Gasteiger partial charge in [0.25, 0.3) is 0 Å². The second-order valence-corrected chi connectivity index (χ2v) is 3.49. The minimum Gasteiger partial charge on any atom is -0.126 e. The van der Waals surface area contributed by atoms with Crippen LogP contribution in [0, 0.1) is 11.8 Å². The fraction of sp³-hybridized carbons (Fsp3) is 1.00. The molecule has 0 saturated carbocycles. The summed E-state index contributed by atoms with van der Waals surface area (Å²) in [6, 6.07) is 0. The van der Waals surface area contributed by atoms with Crippen LogP contribution in [0.1, 0.15) is 40.0 Å². The highest BCUT2D eigenvalue weighted by Crippen LogP contribution is 2.18. The summed E-state index contributed by atoms with van der Waals surface area (Å²) in [4.78, 5) is 0. The number of hydrogen-bond acceptors (Lipinski definition) is 0. The van der Waals surface area contributed by atoms with Crippen LogP contribution in [-0.4, -0.2) is 5.88 Å². The Hall–Kier alpha value is 0.290. The molecule has 0 nitrogen and oxygen atoms in total. The van der Waals surface area contributed by atoms with Crippen molar-refractivity contribution in [2.75, 3.05) is 5.88 Å². The van der Waals surface area contributed by atoms with E-state index in [1.54, 1.807) is 0 Å². The van der Waals surface area contributed by atoms with Gasteiger partial charge in [-0.1, -0.05) is 33.6 Å². The van der Waals surface area contributed by atoms with E-state index in [2.05, 4.69) is 20.8 Å². The first-order chi connectivity index (χ1) is 4.74. The lowest BCUT2D eigenvalue weighted by atomic mass is 9.94. The minimum absolute atomic E-state index is 0.747. The quantitative estimate of drug-likeness (QED) is 0.541. The van der Waals surface area contributed by atoms with Crippen LogP contribution >= 0.6 is 11.6 Å². The lowest BCUT2D eigenvalue weighted by molar-refractivity contribution is 0.401. The van der Waals surface area contributed by atoms with Gasteiger partial charge in [-0.25, -0.2) is 0 Å². The van der Waals surface area contributed by atoms with Gasteiger partial charge in [0.15, 0.2) is 0 Å². The third kappa shape index (κ3) is 4.16. The van der Waals surface area contributed by atoms with Gasteiger partial charge in [-0.05, 0) is 18.3 Å². The fourth-order valence-corrected chi connectivity index (χ4v) is 1.42. The van der Waals surface area contributed by atoms with Crippen molar-refractivity contribution in [2.24, 2.45) is 11.8 Å². The van der Waals surface area contributed by atoms with Gasteiger partial charge in [-0.2, -0.15) is 0 Å². The van der Waals surface area contributed by atoms with E-state index in [1.807, 2.05) is 0 Å². The molecule has 0 spiro atoms. The standard InChI is InChI=1S/C9H19Cl/c1-4-8(3)6-9(5-2)7-10/h8-9H,4-7H2,1-3H3. The van der Waals surface area contributed by atoms with Gasteiger partial charge in [0, 0.05) is 5.88 Å². The predicted octanol–water partition coefficient (Wildman–Crippen LogP) is 3.69. The molecule has 0 saturated heterocycles. The molecule has 0 aromatic carbocycles. The molecular weight excluding hydrogens is 144 g/mol. The van der Waals surface area contributed by atoms with Crippen molar-refractivity contribution in [3.63, 3.8) is 0 Å².